The molecule has 1 heterocycles. The van der Waals surface area contributed by atoms with Crippen LogP contribution in [0, 0.1) is 0 Å². The molecule has 0 saturated carbocycles. The Kier molecular flexibility index (Phi) is 5.17. The number of carbonyl (C=O) groups excluding carboxylic acids is 2. The Morgan fingerprint density at radius 1 is 1.08 bits per heavy atom. The molecule has 2 aromatic rings. The number of carbonyl (C=O) groups is 2. The lowest BCUT2D eigenvalue weighted by molar-refractivity contribution is -0.132. The number of hydrogen-bond donors (Lipinski definition) is 2. The van der Waals surface area contributed by atoms with Crippen molar-refractivity contribution in [2.24, 2.45) is 0 Å². The highest BCUT2D eigenvalue weighted by atomic mass is 35.5. The molecule has 8 heteroatoms. The first kappa shape index (κ1) is 19.0. The molecule has 0 bridgehead atoms. The summed E-state index contributed by atoms with van der Waals surface area (Å²) in [7, 11) is 0. The maximum Gasteiger partial charge on any atom is 0.325 e. The largest absolute Gasteiger partial charge is 0.387 e. The van der Waals surface area contributed by atoms with E-state index in [1.54, 1.807) is 43.3 Å². The first-order valence-electron chi connectivity index (χ1n) is 7.75. The van der Waals surface area contributed by atoms with E-state index in [4.69, 9.17) is 34.8 Å². The molecule has 3 amide bonds. The van der Waals surface area contributed by atoms with Crippen LogP contribution in [0.3, 0.4) is 0 Å². The zero-order chi connectivity index (χ0) is 19.1. The van der Waals surface area contributed by atoms with Crippen molar-refractivity contribution in [2.75, 3.05) is 6.54 Å². The highest BCUT2D eigenvalue weighted by Gasteiger charge is 2.50. The van der Waals surface area contributed by atoms with Crippen molar-refractivity contribution in [3.05, 3.63) is 68.7 Å². The molecule has 1 fully saturated rings. The summed E-state index contributed by atoms with van der Waals surface area (Å²) in [6, 6.07) is 10.6. The van der Waals surface area contributed by atoms with Gasteiger partial charge >= 0.3 is 6.03 Å². The molecule has 2 unspecified atom stereocenters. The van der Waals surface area contributed by atoms with Crippen LogP contribution in [0.25, 0.3) is 0 Å². The van der Waals surface area contributed by atoms with Crippen molar-refractivity contribution in [3.63, 3.8) is 0 Å². The number of hydrogen-bond acceptors (Lipinski definition) is 3. The maximum atomic E-state index is 12.9. The van der Waals surface area contributed by atoms with Gasteiger partial charge in [0, 0.05) is 20.6 Å². The first-order valence-corrected chi connectivity index (χ1v) is 8.89. The summed E-state index contributed by atoms with van der Waals surface area (Å²) in [6.45, 7) is 1.38. The smallest absolute Gasteiger partial charge is 0.325 e. The summed E-state index contributed by atoms with van der Waals surface area (Å²) in [6.07, 6.45) is -1.04. The molecule has 2 aromatic carbocycles. The Labute approximate surface area is 165 Å². The molecule has 2 N–H and O–H groups in total. The fourth-order valence-electron chi connectivity index (χ4n) is 2.90. The van der Waals surface area contributed by atoms with E-state index in [0.717, 1.165) is 4.90 Å². The second-order valence-corrected chi connectivity index (χ2v) is 7.44. The van der Waals surface area contributed by atoms with Gasteiger partial charge in [0.1, 0.15) is 5.54 Å². The summed E-state index contributed by atoms with van der Waals surface area (Å²) in [5, 5.41) is 14.3. The van der Waals surface area contributed by atoms with Crippen LogP contribution in [0.5, 0.6) is 0 Å². The summed E-state index contributed by atoms with van der Waals surface area (Å²) in [4.78, 5) is 26.3. The van der Waals surface area contributed by atoms with E-state index in [2.05, 4.69) is 5.32 Å². The fourth-order valence-corrected chi connectivity index (χ4v) is 3.63. The fraction of sp³-hybridized carbons (Fsp3) is 0.222. The topological polar surface area (TPSA) is 69.6 Å². The van der Waals surface area contributed by atoms with E-state index < -0.39 is 23.6 Å². The lowest BCUT2D eigenvalue weighted by Crippen LogP contribution is -2.41. The quantitative estimate of drug-likeness (QED) is 0.740. The van der Waals surface area contributed by atoms with E-state index in [-0.39, 0.29) is 11.6 Å². The molecular weight excluding hydrogens is 399 g/mol. The number of rotatable bonds is 4. The number of aliphatic hydroxyl groups is 1. The standard InChI is InChI=1S/C18H15Cl3N2O3/c1-18(13-7-6-12(20)8-14(13)21)16(25)23(17(26)22-18)9-15(24)10-2-4-11(19)5-3-10/h2-8,15,24H,9H2,1H3,(H,22,26). The number of β-amino-alcohol motifs (C(OH)–C–C–N with tert-alkyl or cyclic N) is 1. The zero-order valence-corrected chi connectivity index (χ0v) is 15.9. The molecule has 0 aliphatic carbocycles. The van der Waals surface area contributed by atoms with Gasteiger partial charge in [-0.3, -0.25) is 9.69 Å². The third-order valence-corrected chi connectivity index (χ3v) is 5.15. The van der Waals surface area contributed by atoms with Crippen LogP contribution >= 0.6 is 34.8 Å². The van der Waals surface area contributed by atoms with E-state index in [1.807, 2.05) is 0 Å². The number of imide groups is 1. The molecule has 26 heavy (non-hydrogen) atoms. The molecule has 0 radical (unpaired) electrons. The highest BCUT2D eigenvalue weighted by Crippen LogP contribution is 2.35. The third-order valence-electron chi connectivity index (χ3n) is 4.36. The van der Waals surface area contributed by atoms with Crippen LogP contribution in [-0.2, 0) is 10.3 Å². The molecule has 136 valence electrons. The van der Waals surface area contributed by atoms with Gasteiger partial charge in [-0.2, -0.15) is 0 Å². The van der Waals surface area contributed by atoms with Crippen LogP contribution in [0.2, 0.25) is 15.1 Å². The minimum absolute atomic E-state index is 0.187. The summed E-state index contributed by atoms with van der Waals surface area (Å²) >= 11 is 17.9. The minimum Gasteiger partial charge on any atom is -0.387 e. The summed E-state index contributed by atoms with van der Waals surface area (Å²) < 4.78 is 0. The van der Waals surface area contributed by atoms with Crippen molar-refractivity contribution in [1.29, 1.82) is 0 Å². The van der Waals surface area contributed by atoms with Gasteiger partial charge in [0.25, 0.3) is 5.91 Å². The molecule has 1 aliphatic rings. The average Bonchev–Trinajstić information content (AvgIpc) is 2.79. The number of aliphatic hydroxyl groups excluding tert-OH is 1. The first-order chi connectivity index (χ1) is 12.2. The van der Waals surface area contributed by atoms with Crippen molar-refractivity contribution in [2.45, 2.75) is 18.6 Å². The monoisotopic (exact) mass is 412 g/mol. The van der Waals surface area contributed by atoms with Gasteiger partial charge in [0.2, 0.25) is 0 Å². The SMILES string of the molecule is CC1(c2ccc(Cl)cc2Cl)NC(=O)N(CC(O)c2ccc(Cl)cc2)C1=O. The van der Waals surface area contributed by atoms with Crippen molar-refractivity contribution in [3.8, 4) is 0 Å². The highest BCUT2D eigenvalue weighted by molar-refractivity contribution is 6.35. The van der Waals surface area contributed by atoms with Crippen LogP contribution in [0.1, 0.15) is 24.2 Å². The van der Waals surface area contributed by atoms with Gasteiger partial charge in [0.15, 0.2) is 0 Å². The predicted octanol–water partition coefficient (Wildman–Crippen LogP) is 4.15. The van der Waals surface area contributed by atoms with Crippen LogP contribution in [0.15, 0.2) is 42.5 Å². The predicted molar refractivity (Wildman–Crippen MR) is 100 cm³/mol. The summed E-state index contributed by atoms with van der Waals surface area (Å²) in [5.41, 5.74) is -0.350. The Hall–Kier alpha value is -1.79. The Morgan fingerprint density at radius 2 is 1.69 bits per heavy atom. The van der Waals surface area contributed by atoms with Crippen LogP contribution in [-0.4, -0.2) is 28.5 Å². The van der Waals surface area contributed by atoms with Crippen molar-refractivity contribution in [1.82, 2.24) is 10.2 Å². The van der Waals surface area contributed by atoms with Crippen molar-refractivity contribution >= 4 is 46.7 Å². The van der Waals surface area contributed by atoms with Crippen molar-refractivity contribution < 1.29 is 14.7 Å². The zero-order valence-electron chi connectivity index (χ0n) is 13.7. The molecular formula is C18H15Cl3N2O3. The van der Waals surface area contributed by atoms with Gasteiger partial charge in [-0.05, 0) is 36.8 Å². The lowest BCUT2D eigenvalue weighted by atomic mass is 9.92. The molecule has 0 aromatic heterocycles. The van der Waals surface area contributed by atoms with Crippen LogP contribution < -0.4 is 5.32 Å². The third kappa shape index (κ3) is 3.40. The Bertz CT molecular complexity index is 872. The van der Waals surface area contributed by atoms with Gasteiger partial charge in [-0.1, -0.05) is 53.0 Å². The number of urea groups is 1. The second-order valence-electron chi connectivity index (χ2n) is 6.16. The average molecular weight is 414 g/mol. The number of benzene rings is 2. The molecule has 1 saturated heterocycles. The maximum absolute atomic E-state index is 12.9. The Morgan fingerprint density at radius 3 is 2.31 bits per heavy atom. The minimum atomic E-state index is -1.33. The molecule has 3 rings (SSSR count). The lowest BCUT2D eigenvalue weighted by Gasteiger charge is -2.24. The van der Waals surface area contributed by atoms with Gasteiger partial charge in [0.05, 0.1) is 12.6 Å². The number of nitrogens with one attached hydrogen (secondary N) is 1. The number of nitrogens with zero attached hydrogens (tertiary/aromatic N) is 1. The molecule has 1 aliphatic heterocycles. The van der Waals surface area contributed by atoms with E-state index >= 15 is 0 Å². The number of halogens is 3. The van der Waals surface area contributed by atoms with E-state index in [0.29, 0.717) is 21.2 Å². The molecule has 5 nitrogen and oxygen atoms in total. The second kappa shape index (κ2) is 7.08. The number of amides is 3. The van der Waals surface area contributed by atoms with E-state index in [1.165, 1.54) is 6.07 Å². The molecule has 2 atom stereocenters. The molecule has 0 spiro atoms. The van der Waals surface area contributed by atoms with Gasteiger partial charge in [-0.25, -0.2) is 4.79 Å². The van der Waals surface area contributed by atoms with Crippen LogP contribution in [0.4, 0.5) is 4.79 Å². The Balaban J connectivity index is 1.85. The normalized spacial score (nSPS) is 21.0. The van der Waals surface area contributed by atoms with E-state index in [9.17, 15) is 14.7 Å². The van der Waals surface area contributed by atoms with Gasteiger partial charge < -0.3 is 10.4 Å². The summed E-state index contributed by atoms with van der Waals surface area (Å²) in [5.74, 6) is -0.500. The van der Waals surface area contributed by atoms with Gasteiger partial charge in [-0.15, -0.1) is 0 Å².